The van der Waals surface area contributed by atoms with Crippen LogP contribution in [0.5, 0.6) is 11.5 Å². The van der Waals surface area contributed by atoms with E-state index in [2.05, 4.69) is 9.62 Å². The van der Waals surface area contributed by atoms with Crippen LogP contribution in [-0.4, -0.2) is 21.5 Å². The number of hydrogen-bond donors (Lipinski definition) is 1. The minimum Gasteiger partial charge on any atom is -0.454 e. The average Bonchev–Trinajstić information content (AvgIpc) is 2.67. The summed E-state index contributed by atoms with van der Waals surface area (Å²) in [6, 6.07) is 10.8. The topological polar surface area (TPSA) is 58.6 Å². The second kappa shape index (κ2) is 5.70. The maximum atomic E-state index is 12.8. The van der Waals surface area contributed by atoms with Crippen LogP contribution in [0, 0.1) is 6.92 Å². The number of rotatable bonds is 1. The molecular weight excluding hydrogens is 324 g/mol. The molecule has 2 aromatic rings. The number of piperidine rings is 1. The zero-order chi connectivity index (χ0) is 16.7. The number of nitrogens with zero attached hydrogens (tertiary/aromatic N) is 1. The zero-order valence-corrected chi connectivity index (χ0v) is 14.4. The van der Waals surface area contributed by atoms with Crippen molar-refractivity contribution in [1.82, 2.24) is 0 Å². The van der Waals surface area contributed by atoms with Gasteiger partial charge in [-0.1, -0.05) is 12.1 Å². The monoisotopic (exact) mass is 346 g/mol. The molecule has 0 aromatic heterocycles. The van der Waals surface area contributed by atoms with Crippen LogP contribution in [0.3, 0.4) is 0 Å². The lowest BCUT2D eigenvalue weighted by Gasteiger charge is -2.30. The van der Waals surface area contributed by atoms with E-state index in [1.165, 1.54) is 6.42 Å². The van der Waals surface area contributed by atoms with Crippen LogP contribution in [0.2, 0.25) is 0 Å². The summed E-state index contributed by atoms with van der Waals surface area (Å²) in [7, 11) is -3.67. The summed E-state index contributed by atoms with van der Waals surface area (Å²) in [5, 5.41) is 0. The fourth-order valence-electron chi connectivity index (χ4n) is 3.33. The number of para-hydroxylation sites is 1. The molecule has 128 valence electrons. The third-order valence-electron chi connectivity index (χ3n) is 4.55. The van der Waals surface area contributed by atoms with Crippen LogP contribution in [0.4, 0.5) is 11.4 Å². The van der Waals surface area contributed by atoms with Crippen LogP contribution >= 0.6 is 0 Å². The molecular formula is C18H22N2O3S. The second-order valence-electron chi connectivity index (χ2n) is 6.36. The van der Waals surface area contributed by atoms with Gasteiger partial charge in [-0.2, -0.15) is 0 Å². The van der Waals surface area contributed by atoms with Gasteiger partial charge in [0.1, 0.15) is 16.3 Å². The third kappa shape index (κ3) is 2.60. The maximum absolute atomic E-state index is 12.8. The number of fused-ring (bicyclic) bond motifs is 2. The van der Waals surface area contributed by atoms with Gasteiger partial charge in [-0.3, -0.25) is 4.72 Å². The minimum atomic E-state index is -3.67. The number of anilines is 2. The summed E-state index contributed by atoms with van der Waals surface area (Å²) >= 11 is 0. The normalized spacial score (nSPS) is 18.6. The molecule has 2 heterocycles. The fourth-order valence-corrected chi connectivity index (χ4v) is 4.53. The second-order valence-corrected chi connectivity index (χ2v) is 8.01. The Morgan fingerprint density at radius 1 is 1.08 bits per heavy atom. The molecule has 0 radical (unpaired) electrons. The first-order chi connectivity index (χ1) is 11.5. The van der Waals surface area contributed by atoms with Crippen LogP contribution in [0.15, 0.2) is 41.3 Å². The molecule has 4 rings (SSSR count). The molecule has 0 atom stereocenters. The SMILES string of the molecule is Cc1ccc2c(c1)Oc1cccc(N3CCCCC3)c1NS2(=O)=O.[HH]. The van der Waals surface area contributed by atoms with E-state index in [9.17, 15) is 8.42 Å². The molecule has 0 saturated carbocycles. The first kappa shape index (κ1) is 15.3. The van der Waals surface area contributed by atoms with E-state index in [1.54, 1.807) is 18.2 Å². The predicted molar refractivity (Wildman–Crippen MR) is 96.7 cm³/mol. The molecule has 0 spiro atoms. The summed E-state index contributed by atoms with van der Waals surface area (Å²) in [5.41, 5.74) is 2.38. The lowest BCUT2D eigenvalue weighted by Crippen LogP contribution is -2.30. The molecule has 2 aromatic carbocycles. The van der Waals surface area contributed by atoms with Gasteiger partial charge >= 0.3 is 0 Å². The average molecular weight is 346 g/mol. The van der Waals surface area contributed by atoms with E-state index in [0.717, 1.165) is 37.2 Å². The van der Waals surface area contributed by atoms with Crippen LogP contribution < -0.4 is 14.4 Å². The van der Waals surface area contributed by atoms with Crippen molar-refractivity contribution in [2.24, 2.45) is 0 Å². The third-order valence-corrected chi connectivity index (χ3v) is 5.94. The van der Waals surface area contributed by atoms with Crippen molar-refractivity contribution in [2.45, 2.75) is 31.1 Å². The standard InChI is InChI=1S/C18H20N2O3S.H2/c1-13-8-9-17-16(12-13)23-15-7-5-6-14(18(15)19-24(17,21)22)20-10-3-2-4-11-20;/h5-9,12,19H,2-4,10-11H2,1H3;1H. The summed E-state index contributed by atoms with van der Waals surface area (Å²) in [4.78, 5) is 2.41. The molecule has 2 aliphatic rings. The first-order valence-electron chi connectivity index (χ1n) is 8.24. The highest BCUT2D eigenvalue weighted by molar-refractivity contribution is 7.92. The van der Waals surface area contributed by atoms with Crippen molar-refractivity contribution < 1.29 is 14.6 Å². The van der Waals surface area contributed by atoms with E-state index in [0.29, 0.717) is 17.2 Å². The Balaban J connectivity index is 0.00000182. The van der Waals surface area contributed by atoms with E-state index in [1.807, 2.05) is 25.1 Å². The Morgan fingerprint density at radius 2 is 1.88 bits per heavy atom. The predicted octanol–water partition coefficient (Wildman–Crippen LogP) is 4.14. The molecule has 1 fully saturated rings. The van der Waals surface area contributed by atoms with Crippen LogP contribution in [0.1, 0.15) is 26.3 Å². The Morgan fingerprint density at radius 3 is 2.67 bits per heavy atom. The Bertz CT molecular complexity index is 893. The molecule has 0 bridgehead atoms. The summed E-state index contributed by atoms with van der Waals surface area (Å²) in [5.74, 6) is 0.919. The van der Waals surface area contributed by atoms with Gasteiger partial charge in [-0.05, 0) is 56.0 Å². The van der Waals surface area contributed by atoms with Crippen molar-refractivity contribution in [3.63, 3.8) is 0 Å². The van der Waals surface area contributed by atoms with Gasteiger partial charge in [-0.15, -0.1) is 0 Å². The van der Waals surface area contributed by atoms with Gasteiger partial charge in [0, 0.05) is 14.5 Å². The molecule has 1 saturated heterocycles. The van der Waals surface area contributed by atoms with Gasteiger partial charge in [0.05, 0.1) is 5.69 Å². The molecule has 24 heavy (non-hydrogen) atoms. The molecule has 0 aliphatic carbocycles. The lowest BCUT2D eigenvalue weighted by molar-refractivity contribution is 0.472. The summed E-state index contributed by atoms with van der Waals surface area (Å²) in [6.45, 7) is 3.79. The number of nitrogens with one attached hydrogen (secondary N) is 1. The molecule has 0 amide bonds. The van der Waals surface area contributed by atoms with Gasteiger partial charge in [0.25, 0.3) is 10.0 Å². The van der Waals surface area contributed by atoms with Crippen molar-refractivity contribution in [3.8, 4) is 11.5 Å². The molecule has 5 nitrogen and oxygen atoms in total. The summed E-state index contributed by atoms with van der Waals surface area (Å²) in [6.07, 6.45) is 3.46. The van der Waals surface area contributed by atoms with Crippen LogP contribution in [0.25, 0.3) is 0 Å². The number of sulfonamides is 1. The van der Waals surface area contributed by atoms with Crippen LogP contribution in [-0.2, 0) is 10.0 Å². The molecule has 2 aliphatic heterocycles. The lowest BCUT2D eigenvalue weighted by atomic mass is 10.1. The minimum absolute atomic E-state index is 0. The molecule has 0 unspecified atom stereocenters. The fraction of sp³-hybridized carbons (Fsp3) is 0.333. The van der Waals surface area contributed by atoms with Crippen molar-refractivity contribution in [2.75, 3.05) is 22.7 Å². The molecule has 6 heteroatoms. The van der Waals surface area contributed by atoms with Gasteiger partial charge in [0.2, 0.25) is 0 Å². The highest BCUT2D eigenvalue weighted by atomic mass is 32.2. The van der Waals surface area contributed by atoms with E-state index in [-0.39, 0.29) is 6.32 Å². The number of aryl methyl sites for hydroxylation is 1. The van der Waals surface area contributed by atoms with E-state index < -0.39 is 10.0 Å². The Labute approximate surface area is 143 Å². The van der Waals surface area contributed by atoms with Crippen molar-refractivity contribution in [3.05, 3.63) is 42.0 Å². The highest BCUT2D eigenvalue weighted by Crippen LogP contribution is 2.44. The largest absolute Gasteiger partial charge is 0.454 e. The van der Waals surface area contributed by atoms with Crippen molar-refractivity contribution >= 4 is 21.4 Å². The highest BCUT2D eigenvalue weighted by Gasteiger charge is 2.29. The maximum Gasteiger partial charge on any atom is 0.265 e. The van der Waals surface area contributed by atoms with Gasteiger partial charge < -0.3 is 9.64 Å². The number of ether oxygens (including phenoxy) is 1. The molecule has 1 N–H and O–H groups in total. The van der Waals surface area contributed by atoms with E-state index in [4.69, 9.17) is 4.74 Å². The number of hydrogen-bond acceptors (Lipinski definition) is 4. The Hall–Kier alpha value is -2.21. The zero-order valence-electron chi connectivity index (χ0n) is 13.6. The smallest absolute Gasteiger partial charge is 0.265 e. The van der Waals surface area contributed by atoms with Gasteiger partial charge in [0.15, 0.2) is 5.75 Å². The van der Waals surface area contributed by atoms with E-state index >= 15 is 0 Å². The van der Waals surface area contributed by atoms with Crippen molar-refractivity contribution in [1.29, 1.82) is 0 Å². The number of benzene rings is 2. The quantitative estimate of drug-likeness (QED) is 0.843. The first-order valence-corrected chi connectivity index (χ1v) is 9.72. The Kier molecular flexibility index (Phi) is 3.64. The summed E-state index contributed by atoms with van der Waals surface area (Å²) < 4.78 is 34.3. The van der Waals surface area contributed by atoms with Gasteiger partial charge in [-0.25, -0.2) is 8.42 Å².